The molecule has 0 aliphatic carbocycles. The largest absolute Gasteiger partial charge is 0.303 e. The van der Waals surface area contributed by atoms with Crippen LogP contribution in [0.25, 0.3) is 0 Å². The van der Waals surface area contributed by atoms with Crippen molar-refractivity contribution >= 4 is 27.8 Å². The first-order valence-corrected chi connectivity index (χ1v) is 10.3. The van der Waals surface area contributed by atoms with E-state index in [-0.39, 0.29) is 0 Å². The molecule has 0 saturated carbocycles. The van der Waals surface area contributed by atoms with Crippen LogP contribution in [0.1, 0.15) is 36.7 Å². The molecule has 0 aromatic carbocycles. The summed E-state index contributed by atoms with van der Waals surface area (Å²) in [5.41, 5.74) is 0. The van der Waals surface area contributed by atoms with Crippen LogP contribution in [-0.4, -0.2) is 61.1 Å². The summed E-state index contributed by atoms with van der Waals surface area (Å²) in [7, 11) is -3.66. The third-order valence-corrected chi connectivity index (χ3v) is 6.95. The average Bonchev–Trinajstić information content (AvgIpc) is 3.20. The third kappa shape index (κ3) is 3.97. The van der Waals surface area contributed by atoms with Gasteiger partial charge in [-0.15, -0.1) is 11.3 Å². The molecule has 2 aliphatic rings. The number of nitrogens with zero attached hydrogens (tertiary/aromatic N) is 3. The molecule has 2 fully saturated rings. The number of carbonyl (C=O) groups excluding carboxylic acids is 1. The molecule has 3 rings (SSSR count). The van der Waals surface area contributed by atoms with E-state index < -0.39 is 22.3 Å². The normalized spacial score (nSPS) is 28.9. The Hall–Kier alpha value is -0.870. The van der Waals surface area contributed by atoms with Crippen LogP contribution < -0.4 is 4.72 Å². The molecule has 0 radical (unpaired) electrons. The average molecular weight is 358 g/mol. The van der Waals surface area contributed by atoms with Crippen molar-refractivity contribution < 1.29 is 13.2 Å². The first kappa shape index (κ1) is 17.0. The molecule has 1 aromatic heterocycles. The topological polar surface area (TPSA) is 82.6 Å². The van der Waals surface area contributed by atoms with E-state index in [0.29, 0.717) is 18.0 Å². The smallest absolute Gasteiger partial charge is 0.280 e. The zero-order valence-corrected chi connectivity index (χ0v) is 14.6. The number of rotatable bonds is 6. The summed E-state index contributed by atoms with van der Waals surface area (Å²) in [5, 5.41) is 2.51. The van der Waals surface area contributed by atoms with Crippen molar-refractivity contribution in [2.24, 2.45) is 0 Å². The van der Waals surface area contributed by atoms with Gasteiger partial charge in [0.15, 0.2) is 0 Å². The molecule has 9 heteroatoms. The molecular formula is C14H22N4O3S2. The number of aldehydes is 1. The molecular weight excluding hydrogens is 336 g/mol. The van der Waals surface area contributed by atoms with Crippen LogP contribution in [0.3, 0.4) is 0 Å². The minimum absolute atomic E-state index is 0.375. The molecule has 1 N–H and O–H groups in total. The van der Waals surface area contributed by atoms with Gasteiger partial charge in [0.05, 0.1) is 12.1 Å². The van der Waals surface area contributed by atoms with Gasteiger partial charge in [0.2, 0.25) is 0 Å². The van der Waals surface area contributed by atoms with E-state index in [1.54, 1.807) is 6.20 Å². The maximum absolute atomic E-state index is 12.5. The number of carbonyl (C=O) groups is 1. The standard InChI is InChI=1S/C14H22N4O3S2/c19-11-12-10-13(14-15-4-9-22-14)16-23(20,21)18(12)8-3-7-17-5-1-2-6-17/h4,9,11-13,16H,1-3,5-8,10H2/t12-,13+/m0/s1. The maximum atomic E-state index is 12.5. The second-order valence-electron chi connectivity index (χ2n) is 6.00. The predicted molar refractivity (Wildman–Crippen MR) is 88.4 cm³/mol. The van der Waals surface area contributed by atoms with Crippen LogP contribution in [0.15, 0.2) is 11.6 Å². The number of thiazole rings is 1. The van der Waals surface area contributed by atoms with Gasteiger partial charge < -0.3 is 9.69 Å². The number of hydrogen-bond acceptors (Lipinski definition) is 6. The van der Waals surface area contributed by atoms with E-state index in [2.05, 4.69) is 14.6 Å². The fourth-order valence-corrected chi connectivity index (χ4v) is 5.60. The van der Waals surface area contributed by atoms with Crippen molar-refractivity contribution in [3.63, 3.8) is 0 Å². The molecule has 1 aromatic rings. The van der Waals surface area contributed by atoms with E-state index in [0.717, 1.165) is 32.3 Å². The fourth-order valence-electron chi connectivity index (χ4n) is 3.26. The fraction of sp³-hybridized carbons (Fsp3) is 0.714. The molecule has 7 nitrogen and oxygen atoms in total. The number of nitrogens with one attached hydrogen (secondary N) is 1. The molecule has 2 saturated heterocycles. The molecule has 0 amide bonds. The van der Waals surface area contributed by atoms with Gasteiger partial charge in [-0.05, 0) is 45.3 Å². The highest BCUT2D eigenvalue weighted by Crippen LogP contribution is 2.29. The van der Waals surface area contributed by atoms with E-state index in [4.69, 9.17) is 0 Å². The highest BCUT2D eigenvalue weighted by Gasteiger charge is 2.39. The van der Waals surface area contributed by atoms with Gasteiger partial charge in [-0.3, -0.25) is 0 Å². The summed E-state index contributed by atoms with van der Waals surface area (Å²) in [4.78, 5) is 17.9. The summed E-state index contributed by atoms with van der Waals surface area (Å²) in [6.45, 7) is 3.44. The van der Waals surface area contributed by atoms with Crippen LogP contribution in [0.5, 0.6) is 0 Å². The Balaban J connectivity index is 1.63. The summed E-state index contributed by atoms with van der Waals surface area (Å²) in [6, 6.07) is -1.03. The quantitative estimate of drug-likeness (QED) is 0.760. The molecule has 0 bridgehead atoms. The summed E-state index contributed by atoms with van der Waals surface area (Å²) in [5.74, 6) is 0. The highest BCUT2D eigenvalue weighted by atomic mass is 32.2. The zero-order chi connectivity index (χ0) is 16.3. The molecule has 128 valence electrons. The van der Waals surface area contributed by atoms with Crippen LogP contribution in [0.2, 0.25) is 0 Å². The van der Waals surface area contributed by atoms with Gasteiger partial charge in [-0.1, -0.05) is 0 Å². The van der Waals surface area contributed by atoms with E-state index in [9.17, 15) is 13.2 Å². The molecule has 0 spiro atoms. The van der Waals surface area contributed by atoms with Crippen molar-refractivity contribution in [3.05, 3.63) is 16.6 Å². The summed E-state index contributed by atoms with van der Waals surface area (Å²) >= 11 is 1.40. The number of hydrogen-bond donors (Lipinski definition) is 1. The molecule has 23 heavy (non-hydrogen) atoms. The lowest BCUT2D eigenvalue weighted by molar-refractivity contribution is -0.111. The third-order valence-electron chi connectivity index (χ3n) is 4.41. The van der Waals surface area contributed by atoms with Gasteiger partial charge in [0.1, 0.15) is 11.3 Å². The van der Waals surface area contributed by atoms with Crippen molar-refractivity contribution in [1.82, 2.24) is 18.9 Å². The first-order valence-electron chi connectivity index (χ1n) is 7.96. The Bertz CT molecular complexity index is 614. The number of aromatic nitrogens is 1. The Labute approximate surface area is 140 Å². The second kappa shape index (κ2) is 7.35. The van der Waals surface area contributed by atoms with Gasteiger partial charge in [-0.25, -0.2) is 4.98 Å². The Morgan fingerprint density at radius 1 is 1.35 bits per heavy atom. The monoisotopic (exact) mass is 358 g/mol. The Morgan fingerprint density at radius 3 is 2.78 bits per heavy atom. The number of likely N-dealkylation sites (tertiary alicyclic amines) is 1. The van der Waals surface area contributed by atoms with Gasteiger partial charge in [0.25, 0.3) is 10.2 Å². The van der Waals surface area contributed by atoms with Crippen LogP contribution in [0.4, 0.5) is 0 Å². The lowest BCUT2D eigenvalue weighted by Gasteiger charge is -2.36. The lowest BCUT2D eigenvalue weighted by Crippen LogP contribution is -2.54. The van der Waals surface area contributed by atoms with Crippen LogP contribution in [-0.2, 0) is 15.0 Å². The Morgan fingerprint density at radius 2 is 2.13 bits per heavy atom. The first-order chi connectivity index (χ1) is 11.1. The molecule has 2 aliphatic heterocycles. The van der Waals surface area contributed by atoms with Crippen molar-refractivity contribution in [3.8, 4) is 0 Å². The van der Waals surface area contributed by atoms with Crippen molar-refractivity contribution in [2.75, 3.05) is 26.2 Å². The SMILES string of the molecule is O=C[C@@H]1C[C@H](c2nccs2)NS(=O)(=O)N1CCCN1CCCC1. The second-order valence-corrected chi connectivity index (χ2v) is 8.58. The molecule has 3 heterocycles. The highest BCUT2D eigenvalue weighted by molar-refractivity contribution is 7.87. The lowest BCUT2D eigenvalue weighted by atomic mass is 10.1. The Kier molecular flexibility index (Phi) is 5.42. The molecule has 2 atom stereocenters. The zero-order valence-electron chi connectivity index (χ0n) is 12.9. The minimum atomic E-state index is -3.66. The van der Waals surface area contributed by atoms with Gasteiger partial charge in [-0.2, -0.15) is 17.4 Å². The van der Waals surface area contributed by atoms with E-state index in [1.807, 2.05) is 5.38 Å². The van der Waals surface area contributed by atoms with Gasteiger partial charge in [0, 0.05) is 18.1 Å². The minimum Gasteiger partial charge on any atom is -0.303 e. The maximum Gasteiger partial charge on any atom is 0.280 e. The summed E-state index contributed by atoms with van der Waals surface area (Å²) in [6.07, 6.45) is 6.00. The van der Waals surface area contributed by atoms with Crippen molar-refractivity contribution in [1.29, 1.82) is 0 Å². The van der Waals surface area contributed by atoms with Gasteiger partial charge >= 0.3 is 0 Å². The predicted octanol–water partition coefficient (Wildman–Crippen LogP) is 0.778. The van der Waals surface area contributed by atoms with E-state index in [1.165, 1.54) is 28.5 Å². The molecule has 0 unspecified atom stereocenters. The summed E-state index contributed by atoms with van der Waals surface area (Å²) < 4.78 is 29.0. The van der Waals surface area contributed by atoms with Crippen molar-refractivity contribution in [2.45, 2.75) is 37.8 Å². The van der Waals surface area contributed by atoms with Crippen LogP contribution in [0, 0.1) is 0 Å². The van der Waals surface area contributed by atoms with Crippen LogP contribution >= 0.6 is 11.3 Å². The van der Waals surface area contributed by atoms with E-state index >= 15 is 0 Å².